The molecule has 104 valence electrons. The Balaban J connectivity index is 2.14. The van der Waals surface area contributed by atoms with Crippen LogP contribution in [0.2, 0.25) is 0 Å². The van der Waals surface area contributed by atoms with Gasteiger partial charge < -0.3 is 4.42 Å². The van der Waals surface area contributed by atoms with Gasteiger partial charge in [0.15, 0.2) is 0 Å². The highest BCUT2D eigenvalue weighted by atomic mass is 19.1. The molecule has 2 heterocycles. The van der Waals surface area contributed by atoms with Crippen molar-refractivity contribution in [3.63, 3.8) is 0 Å². The van der Waals surface area contributed by atoms with E-state index in [0.29, 0.717) is 11.3 Å². The zero-order valence-electron chi connectivity index (χ0n) is 11.2. The van der Waals surface area contributed by atoms with E-state index in [4.69, 9.17) is 10.3 Å². The van der Waals surface area contributed by atoms with E-state index in [1.165, 1.54) is 12.1 Å². The van der Waals surface area contributed by atoms with Crippen molar-refractivity contribution in [2.24, 2.45) is 12.9 Å². The molecule has 0 saturated heterocycles. The van der Waals surface area contributed by atoms with Crippen molar-refractivity contribution in [3.05, 3.63) is 53.3 Å². The first kappa shape index (κ1) is 12.8. The lowest BCUT2D eigenvalue weighted by molar-refractivity contribution is 0.473. The van der Waals surface area contributed by atoms with Crippen LogP contribution in [0.1, 0.15) is 22.9 Å². The van der Waals surface area contributed by atoms with Crippen LogP contribution in [0, 0.1) is 12.7 Å². The quantitative estimate of drug-likeness (QED) is 0.567. The smallest absolute Gasteiger partial charge is 0.134 e. The Labute approximate surface area is 115 Å². The van der Waals surface area contributed by atoms with Crippen molar-refractivity contribution < 1.29 is 8.81 Å². The van der Waals surface area contributed by atoms with E-state index in [-0.39, 0.29) is 11.9 Å². The monoisotopic (exact) mass is 274 g/mol. The number of nitrogens with two attached hydrogens (primary N) is 1. The van der Waals surface area contributed by atoms with Crippen molar-refractivity contribution in [2.45, 2.75) is 13.0 Å². The van der Waals surface area contributed by atoms with Crippen molar-refractivity contribution in [3.8, 4) is 0 Å². The van der Waals surface area contributed by atoms with Gasteiger partial charge in [0.2, 0.25) is 0 Å². The molecule has 6 heteroatoms. The van der Waals surface area contributed by atoms with Crippen LogP contribution in [0.4, 0.5) is 4.39 Å². The summed E-state index contributed by atoms with van der Waals surface area (Å²) in [5.41, 5.74) is 5.12. The summed E-state index contributed by atoms with van der Waals surface area (Å²) >= 11 is 0. The summed E-state index contributed by atoms with van der Waals surface area (Å²) in [5.74, 6) is 6.03. The molecule has 5 nitrogen and oxygen atoms in total. The van der Waals surface area contributed by atoms with E-state index >= 15 is 0 Å². The van der Waals surface area contributed by atoms with E-state index in [1.54, 1.807) is 16.9 Å². The highest BCUT2D eigenvalue weighted by molar-refractivity contribution is 5.82. The maximum Gasteiger partial charge on any atom is 0.134 e. The average Bonchev–Trinajstić information content (AvgIpc) is 2.97. The Bertz CT molecular complexity index is 762. The van der Waals surface area contributed by atoms with Crippen molar-refractivity contribution in [2.75, 3.05) is 0 Å². The van der Waals surface area contributed by atoms with Crippen molar-refractivity contribution >= 4 is 11.0 Å². The number of halogens is 1. The molecule has 3 N–H and O–H groups in total. The van der Waals surface area contributed by atoms with Crippen LogP contribution in [0.15, 0.2) is 35.0 Å². The van der Waals surface area contributed by atoms with E-state index in [9.17, 15) is 4.39 Å². The molecule has 0 fully saturated rings. The van der Waals surface area contributed by atoms with Crippen molar-refractivity contribution in [1.82, 2.24) is 15.2 Å². The van der Waals surface area contributed by atoms with Gasteiger partial charge in [-0.15, -0.1) is 0 Å². The number of nitrogens with one attached hydrogen (secondary N) is 1. The molecule has 1 atom stereocenters. The van der Waals surface area contributed by atoms with Crippen LogP contribution in [-0.2, 0) is 7.05 Å². The van der Waals surface area contributed by atoms with Crippen LogP contribution in [0.25, 0.3) is 11.0 Å². The third-order valence-electron chi connectivity index (χ3n) is 3.42. The summed E-state index contributed by atoms with van der Waals surface area (Å²) in [6.45, 7) is 1.89. The lowest BCUT2D eigenvalue weighted by atomic mass is 10.0. The van der Waals surface area contributed by atoms with Gasteiger partial charge >= 0.3 is 0 Å². The predicted molar refractivity (Wildman–Crippen MR) is 73.3 cm³/mol. The van der Waals surface area contributed by atoms with Gasteiger partial charge in [-0.3, -0.25) is 10.5 Å². The molecule has 0 aliphatic carbocycles. The minimum Gasteiger partial charge on any atom is -0.459 e. The fourth-order valence-electron chi connectivity index (χ4n) is 2.40. The number of rotatable bonds is 3. The fourth-order valence-corrected chi connectivity index (χ4v) is 2.40. The summed E-state index contributed by atoms with van der Waals surface area (Å²) < 4.78 is 20.9. The lowest BCUT2D eigenvalue weighted by Crippen LogP contribution is -2.28. The number of fused-ring (bicyclic) bond motifs is 1. The number of benzene rings is 1. The summed E-state index contributed by atoms with van der Waals surface area (Å²) in [4.78, 5) is 0. The van der Waals surface area contributed by atoms with E-state index in [1.807, 2.05) is 20.2 Å². The maximum absolute atomic E-state index is 13.3. The number of furan rings is 1. The topological polar surface area (TPSA) is 69.0 Å². The molecule has 1 aromatic carbocycles. The second-order valence-corrected chi connectivity index (χ2v) is 4.78. The van der Waals surface area contributed by atoms with Gasteiger partial charge in [-0.05, 0) is 25.1 Å². The highest BCUT2D eigenvalue weighted by Crippen LogP contribution is 2.32. The minimum absolute atomic E-state index is 0.286. The number of aromatic nitrogens is 2. The second-order valence-electron chi connectivity index (χ2n) is 4.78. The molecular formula is C14H15FN4O. The van der Waals surface area contributed by atoms with Crippen LogP contribution in [0.5, 0.6) is 0 Å². The normalized spacial score (nSPS) is 13.0. The van der Waals surface area contributed by atoms with E-state index < -0.39 is 0 Å². The van der Waals surface area contributed by atoms with Gasteiger partial charge in [0, 0.05) is 29.8 Å². The molecule has 3 rings (SSSR count). The Morgan fingerprint density at radius 1 is 1.45 bits per heavy atom. The molecule has 0 amide bonds. The highest BCUT2D eigenvalue weighted by Gasteiger charge is 2.22. The summed E-state index contributed by atoms with van der Waals surface area (Å²) in [6, 6.07) is 4.15. The molecule has 0 aliphatic rings. The number of hydrazine groups is 1. The Kier molecular flexibility index (Phi) is 3.04. The number of hydrogen-bond donors (Lipinski definition) is 2. The molecule has 3 aromatic rings. The Morgan fingerprint density at radius 3 is 2.90 bits per heavy atom. The third-order valence-corrected chi connectivity index (χ3v) is 3.42. The first-order valence-corrected chi connectivity index (χ1v) is 6.23. The molecule has 0 radical (unpaired) electrons. The molecule has 0 bridgehead atoms. The van der Waals surface area contributed by atoms with Gasteiger partial charge in [0.1, 0.15) is 23.2 Å². The van der Waals surface area contributed by atoms with Gasteiger partial charge in [-0.2, -0.15) is 5.10 Å². The number of nitrogens with zero attached hydrogens (tertiary/aromatic N) is 2. The second kappa shape index (κ2) is 4.73. The van der Waals surface area contributed by atoms with E-state index in [0.717, 1.165) is 16.5 Å². The Morgan fingerprint density at radius 2 is 2.25 bits per heavy atom. The zero-order valence-corrected chi connectivity index (χ0v) is 11.2. The number of aryl methyl sites for hydroxylation is 2. The zero-order chi connectivity index (χ0) is 14.3. The van der Waals surface area contributed by atoms with Gasteiger partial charge in [-0.1, -0.05) is 0 Å². The summed E-state index contributed by atoms with van der Waals surface area (Å²) in [5, 5.41) is 4.88. The standard InChI is InChI=1S/C14H15FN4O/c1-8-11-5-10(15)3-4-12(11)20-14(8)13(18-16)9-6-17-19(2)7-9/h3-7,13,18H,16H2,1-2H3. The average molecular weight is 274 g/mol. The van der Waals surface area contributed by atoms with Crippen LogP contribution < -0.4 is 11.3 Å². The van der Waals surface area contributed by atoms with Crippen molar-refractivity contribution in [1.29, 1.82) is 0 Å². The predicted octanol–water partition coefficient (Wildman–Crippen LogP) is 2.17. The first-order valence-electron chi connectivity index (χ1n) is 6.23. The van der Waals surface area contributed by atoms with Gasteiger partial charge in [-0.25, -0.2) is 9.82 Å². The maximum atomic E-state index is 13.3. The molecule has 0 saturated carbocycles. The fraction of sp³-hybridized carbons (Fsp3) is 0.214. The summed E-state index contributed by atoms with van der Waals surface area (Å²) in [6.07, 6.45) is 3.58. The lowest BCUT2D eigenvalue weighted by Gasteiger charge is -2.12. The van der Waals surface area contributed by atoms with Crippen LogP contribution in [-0.4, -0.2) is 9.78 Å². The third kappa shape index (κ3) is 1.99. The SMILES string of the molecule is Cc1c(C(NN)c2cnn(C)c2)oc2ccc(F)cc12. The molecule has 1 unspecified atom stereocenters. The number of hydrogen-bond acceptors (Lipinski definition) is 4. The van der Waals surface area contributed by atoms with Gasteiger partial charge in [0.25, 0.3) is 0 Å². The largest absolute Gasteiger partial charge is 0.459 e. The molecule has 0 spiro atoms. The Hall–Kier alpha value is -2.18. The molecule has 20 heavy (non-hydrogen) atoms. The van der Waals surface area contributed by atoms with Gasteiger partial charge in [0.05, 0.1) is 6.20 Å². The van der Waals surface area contributed by atoms with Crippen LogP contribution >= 0.6 is 0 Å². The van der Waals surface area contributed by atoms with E-state index in [2.05, 4.69) is 10.5 Å². The molecule has 2 aromatic heterocycles. The minimum atomic E-state index is -0.320. The van der Waals surface area contributed by atoms with Crippen LogP contribution in [0.3, 0.4) is 0 Å². The molecule has 0 aliphatic heterocycles. The molecular weight excluding hydrogens is 259 g/mol. The summed E-state index contributed by atoms with van der Waals surface area (Å²) in [7, 11) is 1.83. The first-order chi connectivity index (χ1) is 9.60.